The van der Waals surface area contributed by atoms with Crippen molar-refractivity contribution in [1.82, 2.24) is 5.48 Å². The van der Waals surface area contributed by atoms with Crippen LogP contribution in [0.3, 0.4) is 0 Å². The summed E-state index contributed by atoms with van der Waals surface area (Å²) in [6, 6.07) is 2.19. The molecule has 0 fully saturated rings. The van der Waals surface area contributed by atoms with Gasteiger partial charge in [0.1, 0.15) is 28.9 Å². The van der Waals surface area contributed by atoms with Gasteiger partial charge in [-0.15, -0.1) is 0 Å². The SMILES string of the molecule is COC(=O)c1c(C)cc2c(c1O)[C@]1(O)C(=O)c3cc4c(c(O)c3C(=O)[C@]1(OC)[C@H](O)C2)C(=O)CC(=N[C@H]1O[C@@H](C)[C@H](OC)C(NOCCN)=C1OC)C4=O. The van der Waals surface area contributed by atoms with E-state index in [1.54, 1.807) is 6.92 Å². The number of phenols is 2. The van der Waals surface area contributed by atoms with Crippen molar-refractivity contribution in [1.29, 1.82) is 0 Å². The van der Waals surface area contributed by atoms with E-state index in [0.29, 0.717) is 0 Å². The second kappa shape index (κ2) is 14.0. The van der Waals surface area contributed by atoms with Gasteiger partial charge in [0.2, 0.25) is 23.6 Å². The Balaban J connectivity index is 1.53. The first-order valence-corrected chi connectivity index (χ1v) is 16.7. The summed E-state index contributed by atoms with van der Waals surface area (Å²) in [5, 5.41) is 47.0. The third kappa shape index (κ3) is 5.20. The number of aliphatic hydroxyl groups is 2. The fourth-order valence-electron chi connectivity index (χ4n) is 7.94. The minimum absolute atomic E-state index is 0.00510. The molecule has 18 nitrogen and oxygen atoms in total. The molecule has 7 N–H and O–H groups in total. The Morgan fingerprint density at radius 3 is 2.37 bits per heavy atom. The Morgan fingerprint density at radius 1 is 1.06 bits per heavy atom. The van der Waals surface area contributed by atoms with E-state index in [-0.39, 0.29) is 41.4 Å². The molecule has 3 aliphatic carbocycles. The standard InChI is InChI=1S/C36H39N3O15/c1-13-9-15-10-20(41)36(52-6)32(46)23-17(31(45)35(36,48)24(15)28(44)21(13)34(47)51-5)11-16-22(27(23)43)19(40)12-18(26(16)42)38-33-30(50-4)25(39-53-8-7-37)29(49-3)14(2)54-33/h9,11,14,20,29,33,39,41,43-44,48H,7-8,10,12,37H2,1-6H3/t14-,20+,29-,33-,35-,36+/m0/s1. The Morgan fingerprint density at radius 2 is 1.76 bits per heavy atom. The van der Waals surface area contributed by atoms with Crippen LogP contribution in [0.1, 0.15) is 81.8 Å². The molecular weight excluding hydrogens is 714 g/mol. The summed E-state index contributed by atoms with van der Waals surface area (Å²) in [5.74, 6) is -7.51. The number of rotatable bonds is 9. The molecule has 0 radical (unpaired) electrons. The molecule has 288 valence electrons. The monoisotopic (exact) mass is 753 g/mol. The number of ether oxygens (including phenoxy) is 5. The maximum atomic E-state index is 14.7. The van der Waals surface area contributed by atoms with Gasteiger partial charge in [-0.05, 0) is 31.0 Å². The summed E-state index contributed by atoms with van der Waals surface area (Å²) >= 11 is 0. The molecular formula is C36H39N3O15. The minimum Gasteiger partial charge on any atom is -0.507 e. The first-order chi connectivity index (χ1) is 25.6. The molecule has 0 saturated heterocycles. The van der Waals surface area contributed by atoms with E-state index in [1.165, 1.54) is 27.2 Å². The quantitative estimate of drug-likeness (QED) is 0.112. The number of aliphatic imine (C=N–C) groups is 1. The zero-order chi connectivity index (χ0) is 39.6. The lowest BCUT2D eigenvalue weighted by atomic mass is 9.56. The number of methoxy groups -OCH3 is 4. The summed E-state index contributed by atoms with van der Waals surface area (Å²) < 4.78 is 27.4. The molecule has 4 aliphatic rings. The van der Waals surface area contributed by atoms with Gasteiger partial charge in [-0.1, -0.05) is 6.07 Å². The molecule has 0 spiro atoms. The Hall–Kier alpha value is -5.08. The normalized spacial score (nSPS) is 28.4. The van der Waals surface area contributed by atoms with E-state index in [9.17, 15) is 44.4 Å². The maximum Gasteiger partial charge on any atom is 0.341 e. The topological polar surface area (TPSA) is 272 Å². The largest absolute Gasteiger partial charge is 0.507 e. The zero-order valence-electron chi connectivity index (χ0n) is 30.1. The van der Waals surface area contributed by atoms with Crippen LogP contribution in [0.2, 0.25) is 0 Å². The van der Waals surface area contributed by atoms with Crippen molar-refractivity contribution in [2.45, 2.75) is 62.4 Å². The number of phenolic OH excluding ortho intramolecular Hbond substituents is 2. The van der Waals surface area contributed by atoms with E-state index in [4.69, 9.17) is 34.3 Å². The van der Waals surface area contributed by atoms with E-state index in [0.717, 1.165) is 20.3 Å². The summed E-state index contributed by atoms with van der Waals surface area (Å²) in [4.78, 5) is 79.5. The van der Waals surface area contributed by atoms with Crippen molar-refractivity contribution in [3.05, 3.63) is 68.1 Å². The number of aryl methyl sites for hydroxylation is 1. The highest BCUT2D eigenvalue weighted by Crippen LogP contribution is 2.56. The lowest BCUT2D eigenvalue weighted by molar-refractivity contribution is -0.181. The van der Waals surface area contributed by atoms with Gasteiger partial charge >= 0.3 is 5.97 Å². The number of ketones is 4. The van der Waals surface area contributed by atoms with Crippen molar-refractivity contribution in [3.63, 3.8) is 0 Å². The number of aromatic hydroxyl groups is 2. The molecule has 0 amide bonds. The fourth-order valence-corrected chi connectivity index (χ4v) is 7.94. The smallest absolute Gasteiger partial charge is 0.341 e. The van der Waals surface area contributed by atoms with Crippen molar-refractivity contribution >= 4 is 34.8 Å². The van der Waals surface area contributed by atoms with E-state index in [1.807, 2.05) is 0 Å². The van der Waals surface area contributed by atoms with Crippen LogP contribution in [0.4, 0.5) is 0 Å². The molecule has 1 aliphatic heterocycles. The van der Waals surface area contributed by atoms with Crippen LogP contribution >= 0.6 is 0 Å². The number of hydroxylamine groups is 1. The first-order valence-electron chi connectivity index (χ1n) is 16.7. The third-order valence-electron chi connectivity index (χ3n) is 10.3. The lowest BCUT2D eigenvalue weighted by Crippen LogP contribution is -2.73. The van der Waals surface area contributed by atoms with Gasteiger partial charge in [-0.25, -0.2) is 9.79 Å². The fraction of sp³-hybridized carbons (Fsp3) is 0.444. The van der Waals surface area contributed by atoms with Crippen molar-refractivity contribution < 1.29 is 72.9 Å². The second-order valence-corrected chi connectivity index (χ2v) is 13.1. The molecule has 0 aromatic heterocycles. The van der Waals surface area contributed by atoms with Crippen molar-refractivity contribution in [3.8, 4) is 11.5 Å². The zero-order valence-corrected chi connectivity index (χ0v) is 30.1. The Bertz CT molecular complexity index is 2080. The van der Waals surface area contributed by atoms with Crippen LogP contribution in [0.5, 0.6) is 11.5 Å². The van der Waals surface area contributed by atoms with Crippen LogP contribution in [-0.2, 0) is 40.5 Å². The third-order valence-corrected chi connectivity index (χ3v) is 10.3. The molecule has 0 bridgehead atoms. The van der Waals surface area contributed by atoms with Crippen molar-refractivity contribution in [2.75, 3.05) is 41.6 Å². The highest BCUT2D eigenvalue weighted by Gasteiger charge is 2.72. The van der Waals surface area contributed by atoms with E-state index < -0.39 is 123 Å². The van der Waals surface area contributed by atoms with Gasteiger partial charge < -0.3 is 49.8 Å². The number of aliphatic hydroxyl groups excluding tert-OH is 1. The number of nitrogens with one attached hydrogen (secondary N) is 1. The predicted molar refractivity (Wildman–Crippen MR) is 182 cm³/mol. The van der Waals surface area contributed by atoms with Gasteiger partial charge in [0.05, 0.1) is 56.3 Å². The molecule has 54 heavy (non-hydrogen) atoms. The molecule has 6 rings (SSSR count). The van der Waals surface area contributed by atoms with Crippen LogP contribution in [0.25, 0.3) is 0 Å². The number of esters is 1. The molecule has 2 aromatic carbocycles. The number of nitrogens with zero attached hydrogens (tertiary/aromatic N) is 1. The van der Waals surface area contributed by atoms with Gasteiger partial charge in [0.15, 0.2) is 22.7 Å². The average Bonchev–Trinajstić information content (AvgIpc) is 3.12. The van der Waals surface area contributed by atoms with Crippen LogP contribution in [-0.4, -0.2) is 127 Å². The molecule has 0 saturated carbocycles. The molecule has 0 unspecified atom stereocenters. The molecule has 18 heteroatoms. The van der Waals surface area contributed by atoms with Gasteiger partial charge in [-0.3, -0.25) is 29.5 Å². The number of benzene rings is 2. The van der Waals surface area contributed by atoms with E-state index in [2.05, 4.69) is 10.5 Å². The second-order valence-electron chi connectivity index (χ2n) is 13.1. The predicted octanol–water partition coefficient (Wildman–Crippen LogP) is 0.0696. The minimum atomic E-state index is -3.24. The summed E-state index contributed by atoms with van der Waals surface area (Å²) in [6.45, 7) is 3.41. The maximum absolute atomic E-state index is 14.7. The Labute approximate surface area is 307 Å². The highest BCUT2D eigenvalue weighted by molar-refractivity contribution is 6.53. The van der Waals surface area contributed by atoms with Gasteiger partial charge in [-0.2, -0.15) is 0 Å². The number of Topliss-reactive ketones (excluding diaryl/α,β-unsaturated/α-hetero) is 4. The highest BCUT2D eigenvalue weighted by atomic mass is 16.7. The molecule has 1 heterocycles. The molecule has 6 atom stereocenters. The Kier molecular flexibility index (Phi) is 9.99. The van der Waals surface area contributed by atoms with Crippen LogP contribution in [0.15, 0.2) is 28.6 Å². The van der Waals surface area contributed by atoms with Crippen molar-refractivity contribution in [2.24, 2.45) is 10.7 Å². The van der Waals surface area contributed by atoms with Crippen LogP contribution in [0, 0.1) is 6.92 Å². The number of carbonyl (C=O) groups excluding carboxylic acids is 5. The first kappa shape index (κ1) is 38.6. The average molecular weight is 754 g/mol. The number of nitrogens with two attached hydrogens (primary N) is 1. The molecule has 2 aromatic rings. The van der Waals surface area contributed by atoms with E-state index >= 15 is 0 Å². The summed E-state index contributed by atoms with van der Waals surface area (Å²) in [5.41, 5.74) is -1.56. The number of hydrogen-bond donors (Lipinski definition) is 6. The number of carbonyl (C=O) groups is 5. The number of fused-ring (bicyclic) bond motifs is 5. The lowest BCUT2D eigenvalue weighted by Gasteiger charge is -2.52. The number of hydrogen-bond acceptors (Lipinski definition) is 18. The van der Waals surface area contributed by atoms with Gasteiger partial charge in [0.25, 0.3) is 0 Å². The van der Waals surface area contributed by atoms with Crippen LogP contribution < -0.4 is 11.2 Å². The summed E-state index contributed by atoms with van der Waals surface area (Å²) in [7, 11) is 4.71. The van der Waals surface area contributed by atoms with Gasteiger partial charge in [0, 0.05) is 43.9 Å². The summed E-state index contributed by atoms with van der Waals surface area (Å²) in [6.07, 6.45) is -5.83.